The monoisotopic (exact) mass is 524 g/mol. The van der Waals surface area contributed by atoms with Gasteiger partial charge in [-0.3, -0.25) is 0 Å². The molecule has 0 heterocycles. The predicted molar refractivity (Wildman–Crippen MR) is 175 cm³/mol. The zero-order valence-corrected chi connectivity index (χ0v) is 25.2. The van der Waals surface area contributed by atoms with Crippen LogP contribution in [0.3, 0.4) is 0 Å². The normalized spacial score (nSPS) is 21.4. The minimum atomic E-state index is 0.280. The maximum atomic E-state index is 4.74. The molecule has 0 aromatic heterocycles. The Hall–Kier alpha value is -3.64. The highest BCUT2D eigenvalue weighted by atomic mass is 14.4. The lowest BCUT2D eigenvalue weighted by Crippen LogP contribution is -2.21. The minimum Gasteiger partial charge on any atom is -0.0955 e. The molecule has 0 amide bonds. The summed E-state index contributed by atoms with van der Waals surface area (Å²) in [5, 5.41) is 0. The average molecular weight is 525 g/mol. The van der Waals surface area contributed by atoms with Crippen molar-refractivity contribution in [3.63, 3.8) is 0 Å². The van der Waals surface area contributed by atoms with E-state index in [4.69, 9.17) is 6.58 Å². The van der Waals surface area contributed by atoms with Crippen molar-refractivity contribution in [2.45, 2.75) is 72.6 Å². The van der Waals surface area contributed by atoms with Crippen LogP contribution < -0.4 is 0 Å². The molecule has 0 saturated heterocycles. The molecule has 2 atom stereocenters. The lowest BCUT2D eigenvalue weighted by Gasteiger charge is -2.34. The van der Waals surface area contributed by atoms with Gasteiger partial charge in [-0.05, 0) is 114 Å². The van der Waals surface area contributed by atoms with Crippen LogP contribution in [0.2, 0.25) is 0 Å². The van der Waals surface area contributed by atoms with Crippen molar-refractivity contribution in [2.24, 2.45) is 5.92 Å². The van der Waals surface area contributed by atoms with Gasteiger partial charge in [0.15, 0.2) is 0 Å². The molecule has 3 aliphatic rings. The molecular formula is C40H44. The number of aryl methyl sites for hydroxylation is 2. The van der Waals surface area contributed by atoms with Crippen LogP contribution in [-0.2, 0) is 6.42 Å². The van der Waals surface area contributed by atoms with Gasteiger partial charge in [0.25, 0.3) is 0 Å². The van der Waals surface area contributed by atoms with Gasteiger partial charge in [-0.1, -0.05) is 117 Å². The SMILES string of the molecule is C=C(CCC)C1=C(C)C=C2C/C(=C\C3=CC=C(c4ccc(C)c(C(=C)C)c4)C3)C(=C)C2C1c1ccc(CC)cc1. The fourth-order valence-electron chi connectivity index (χ4n) is 6.94. The van der Waals surface area contributed by atoms with Gasteiger partial charge in [0.05, 0.1) is 0 Å². The van der Waals surface area contributed by atoms with Crippen molar-refractivity contribution in [3.05, 3.63) is 153 Å². The second-order valence-electron chi connectivity index (χ2n) is 12.0. The predicted octanol–water partition coefficient (Wildman–Crippen LogP) is 11.2. The Balaban J connectivity index is 1.43. The molecule has 1 saturated carbocycles. The van der Waals surface area contributed by atoms with Crippen molar-refractivity contribution in [1.82, 2.24) is 0 Å². The van der Waals surface area contributed by atoms with Crippen molar-refractivity contribution < 1.29 is 0 Å². The molecule has 0 bridgehead atoms. The molecule has 0 aliphatic heterocycles. The van der Waals surface area contributed by atoms with Gasteiger partial charge in [0, 0.05) is 11.8 Å². The Labute approximate surface area is 242 Å². The average Bonchev–Trinajstić information content (AvgIpc) is 3.52. The number of benzene rings is 2. The van der Waals surface area contributed by atoms with Crippen LogP contribution in [0.1, 0.15) is 87.1 Å². The zero-order valence-electron chi connectivity index (χ0n) is 25.2. The first kappa shape index (κ1) is 27.9. The molecule has 3 aliphatic carbocycles. The van der Waals surface area contributed by atoms with Gasteiger partial charge in [-0.15, -0.1) is 0 Å². The van der Waals surface area contributed by atoms with Gasteiger partial charge in [-0.2, -0.15) is 0 Å². The molecule has 40 heavy (non-hydrogen) atoms. The number of fused-ring (bicyclic) bond motifs is 1. The fraction of sp³-hybridized carbons (Fsp3) is 0.300. The topological polar surface area (TPSA) is 0 Å². The Morgan fingerprint density at radius 3 is 2.38 bits per heavy atom. The molecule has 5 rings (SSSR count). The molecule has 2 aromatic rings. The Morgan fingerprint density at radius 1 is 0.950 bits per heavy atom. The van der Waals surface area contributed by atoms with E-state index in [1.165, 1.54) is 72.4 Å². The van der Waals surface area contributed by atoms with E-state index in [1.807, 2.05) is 0 Å². The molecule has 0 heteroatoms. The Kier molecular flexibility index (Phi) is 7.99. The third-order valence-electron chi connectivity index (χ3n) is 9.05. The molecule has 0 radical (unpaired) electrons. The van der Waals surface area contributed by atoms with Crippen LogP contribution >= 0.6 is 0 Å². The first-order valence-corrected chi connectivity index (χ1v) is 15.0. The summed E-state index contributed by atoms with van der Waals surface area (Å²) in [6.45, 7) is 24.5. The standard InChI is InChI=1S/C40H44/c1-9-11-27(6)38-28(7)20-36-23-35(29(8)39(36)40(38)32-17-13-30(10-2)14-18-32)22-31-15-19-33(21-31)34-16-12-26(5)37(24-34)25(3)4/h12-20,22,24,39-40H,3,6,8-11,21,23H2,1-2,4-5,7H3/b35-22+. The smallest absolute Gasteiger partial charge is 0.0201 e. The fourth-order valence-corrected chi connectivity index (χ4v) is 6.94. The maximum Gasteiger partial charge on any atom is 0.0201 e. The van der Waals surface area contributed by atoms with Crippen LogP contribution in [-0.4, -0.2) is 0 Å². The molecule has 2 unspecified atom stereocenters. The lowest BCUT2D eigenvalue weighted by atomic mass is 9.69. The van der Waals surface area contributed by atoms with Gasteiger partial charge in [0.2, 0.25) is 0 Å². The largest absolute Gasteiger partial charge is 0.0955 e. The highest BCUT2D eigenvalue weighted by Gasteiger charge is 2.41. The second-order valence-corrected chi connectivity index (χ2v) is 12.0. The van der Waals surface area contributed by atoms with E-state index in [0.717, 1.165) is 37.7 Å². The number of hydrogen-bond acceptors (Lipinski definition) is 0. The van der Waals surface area contributed by atoms with Crippen LogP contribution in [0.4, 0.5) is 0 Å². The summed E-state index contributed by atoms with van der Waals surface area (Å²) in [6, 6.07) is 16.1. The van der Waals surface area contributed by atoms with Crippen LogP contribution in [0.25, 0.3) is 11.1 Å². The Morgan fingerprint density at radius 2 is 1.70 bits per heavy atom. The number of hydrogen-bond donors (Lipinski definition) is 0. The van der Waals surface area contributed by atoms with Gasteiger partial charge in [-0.25, -0.2) is 0 Å². The Bertz CT molecular complexity index is 1540. The van der Waals surface area contributed by atoms with Crippen molar-refractivity contribution >= 4 is 11.1 Å². The van der Waals surface area contributed by atoms with Crippen molar-refractivity contribution in [1.29, 1.82) is 0 Å². The number of allylic oxidation sites excluding steroid dienone is 13. The van der Waals surface area contributed by atoms with E-state index in [-0.39, 0.29) is 5.92 Å². The summed E-state index contributed by atoms with van der Waals surface area (Å²) in [5.41, 5.74) is 18.7. The summed E-state index contributed by atoms with van der Waals surface area (Å²) < 4.78 is 0. The molecule has 1 fully saturated rings. The van der Waals surface area contributed by atoms with E-state index < -0.39 is 0 Å². The minimum absolute atomic E-state index is 0.280. The number of rotatable bonds is 8. The first-order valence-electron chi connectivity index (χ1n) is 15.0. The molecule has 0 N–H and O–H groups in total. The third-order valence-corrected chi connectivity index (χ3v) is 9.05. The highest BCUT2D eigenvalue weighted by molar-refractivity contribution is 5.77. The summed E-state index contributed by atoms with van der Waals surface area (Å²) in [5.74, 6) is 0.582. The third kappa shape index (κ3) is 5.25. The van der Waals surface area contributed by atoms with E-state index in [0.29, 0.717) is 5.92 Å². The van der Waals surface area contributed by atoms with Gasteiger partial charge < -0.3 is 0 Å². The van der Waals surface area contributed by atoms with Crippen LogP contribution in [0.5, 0.6) is 0 Å². The molecule has 2 aromatic carbocycles. The lowest BCUT2D eigenvalue weighted by molar-refractivity contribution is 0.619. The van der Waals surface area contributed by atoms with E-state index in [2.05, 4.69) is 115 Å². The maximum absolute atomic E-state index is 4.74. The van der Waals surface area contributed by atoms with Gasteiger partial charge >= 0.3 is 0 Å². The van der Waals surface area contributed by atoms with E-state index in [1.54, 1.807) is 0 Å². The van der Waals surface area contributed by atoms with E-state index in [9.17, 15) is 0 Å². The summed E-state index contributed by atoms with van der Waals surface area (Å²) in [7, 11) is 0. The van der Waals surface area contributed by atoms with Crippen molar-refractivity contribution in [2.75, 3.05) is 0 Å². The van der Waals surface area contributed by atoms with Crippen LogP contribution in [0.15, 0.2) is 126 Å². The van der Waals surface area contributed by atoms with E-state index >= 15 is 0 Å². The second kappa shape index (κ2) is 11.5. The summed E-state index contributed by atoms with van der Waals surface area (Å²) in [4.78, 5) is 0. The molecule has 0 nitrogen and oxygen atoms in total. The molecule has 0 spiro atoms. The van der Waals surface area contributed by atoms with Crippen molar-refractivity contribution in [3.8, 4) is 0 Å². The first-order chi connectivity index (χ1) is 19.2. The summed E-state index contributed by atoms with van der Waals surface area (Å²) >= 11 is 0. The molecular weight excluding hydrogens is 480 g/mol. The van der Waals surface area contributed by atoms with Crippen LogP contribution in [0, 0.1) is 12.8 Å². The van der Waals surface area contributed by atoms with Gasteiger partial charge in [0.1, 0.15) is 0 Å². The quantitative estimate of drug-likeness (QED) is 0.322. The highest BCUT2D eigenvalue weighted by Crippen LogP contribution is 2.55. The summed E-state index contributed by atoms with van der Waals surface area (Å²) in [6.07, 6.45) is 14.6. The molecule has 204 valence electrons. The zero-order chi connectivity index (χ0) is 28.6.